The summed E-state index contributed by atoms with van der Waals surface area (Å²) in [6.45, 7) is 10.7. The Labute approximate surface area is 232 Å². The molecule has 0 radical (unpaired) electrons. The van der Waals surface area contributed by atoms with E-state index in [-0.39, 0.29) is 11.7 Å². The Hall–Kier alpha value is -3.30. The summed E-state index contributed by atoms with van der Waals surface area (Å²) in [5.74, 6) is -3.05. The Morgan fingerprint density at radius 2 is 1.53 bits per heavy atom. The molecule has 0 bridgehead atoms. The maximum Gasteiger partial charge on any atom is 0.289 e. The van der Waals surface area contributed by atoms with Crippen molar-refractivity contribution >= 4 is 29.4 Å². The monoisotopic (exact) mass is 539 g/mol. The molecule has 2 rings (SSSR count). The highest BCUT2D eigenvalue weighted by Gasteiger charge is 2.34. The molecule has 0 aliphatic heterocycles. The summed E-state index contributed by atoms with van der Waals surface area (Å²) < 4.78 is 0. The van der Waals surface area contributed by atoms with Gasteiger partial charge in [0.2, 0.25) is 17.6 Å². The normalized spacial score (nSPS) is 15.1. The van der Waals surface area contributed by atoms with Gasteiger partial charge in [-0.15, -0.1) is 0 Å². The van der Waals surface area contributed by atoms with Crippen LogP contribution in [-0.2, 0) is 19.2 Å². The lowest BCUT2D eigenvalue weighted by molar-refractivity contribution is -0.138. The van der Waals surface area contributed by atoms with Gasteiger partial charge in [-0.05, 0) is 37.3 Å². The molecule has 1 saturated carbocycles. The molecule has 38 heavy (non-hydrogen) atoms. The zero-order valence-corrected chi connectivity index (χ0v) is 23.7. The second-order valence-electron chi connectivity index (χ2n) is 10.7. The Kier molecular flexibility index (Phi) is 14.2. The standard InChI is InChI=1S/C24H35N5O5.C4H10.4H2/c1-15(20(31)26-14-18(30)22(33)28-17-8-6-5-7-9-17)27-23(34)19(24(2,3)4)29-21(32)16-10-12-25-13-11-16;1-3-4-2;;;;/h10-13,15,17,19H,5-9,14H2,1-4H3,(H,26,31)(H,27,34)(H,28,33)(H,29,32);3-4H2,1-2H3;4*1H/t15-,19+;;;;;/m0...../s1. The highest BCUT2D eigenvalue weighted by Crippen LogP contribution is 2.20. The van der Waals surface area contributed by atoms with Gasteiger partial charge in [0.1, 0.15) is 12.1 Å². The average Bonchev–Trinajstić information content (AvgIpc) is 2.90. The van der Waals surface area contributed by atoms with Crippen molar-refractivity contribution < 1.29 is 29.7 Å². The number of hydrogen-bond donors (Lipinski definition) is 4. The molecular formula is C28H53N5O5. The second kappa shape index (κ2) is 16.5. The Balaban J connectivity index is -0.000000846. The van der Waals surface area contributed by atoms with E-state index in [1.165, 1.54) is 44.3 Å². The van der Waals surface area contributed by atoms with Crippen molar-refractivity contribution in [2.24, 2.45) is 5.41 Å². The van der Waals surface area contributed by atoms with Crippen molar-refractivity contribution in [1.29, 1.82) is 0 Å². The summed E-state index contributed by atoms with van der Waals surface area (Å²) in [4.78, 5) is 65.9. The molecule has 220 valence electrons. The zero-order chi connectivity index (χ0) is 28.7. The predicted octanol–water partition coefficient (Wildman–Crippen LogP) is 3.66. The molecule has 10 nitrogen and oxygen atoms in total. The molecule has 0 unspecified atom stereocenters. The molecule has 1 aromatic heterocycles. The lowest BCUT2D eigenvalue weighted by Gasteiger charge is -2.31. The largest absolute Gasteiger partial charge is 0.347 e. The molecule has 1 aliphatic carbocycles. The van der Waals surface area contributed by atoms with Gasteiger partial charge in [-0.2, -0.15) is 0 Å². The van der Waals surface area contributed by atoms with Crippen LogP contribution >= 0.6 is 0 Å². The zero-order valence-electron chi connectivity index (χ0n) is 23.7. The molecular weight excluding hydrogens is 486 g/mol. The lowest BCUT2D eigenvalue weighted by atomic mass is 9.85. The second-order valence-corrected chi connectivity index (χ2v) is 10.7. The number of unbranched alkanes of at least 4 members (excludes halogenated alkanes) is 1. The van der Waals surface area contributed by atoms with Gasteiger partial charge in [-0.3, -0.25) is 29.0 Å². The van der Waals surface area contributed by atoms with E-state index in [1.807, 2.05) is 0 Å². The minimum Gasteiger partial charge on any atom is -0.347 e. The molecule has 1 fully saturated rings. The van der Waals surface area contributed by atoms with Crippen LogP contribution in [0.4, 0.5) is 0 Å². The number of ketones is 1. The van der Waals surface area contributed by atoms with Gasteiger partial charge in [0, 0.05) is 29.7 Å². The first-order valence-corrected chi connectivity index (χ1v) is 13.5. The van der Waals surface area contributed by atoms with Gasteiger partial charge in [0.15, 0.2) is 0 Å². The molecule has 4 N–H and O–H groups in total. The third-order valence-corrected chi connectivity index (χ3v) is 6.22. The van der Waals surface area contributed by atoms with Gasteiger partial charge in [-0.25, -0.2) is 0 Å². The number of amides is 4. The van der Waals surface area contributed by atoms with E-state index in [0.717, 1.165) is 32.1 Å². The van der Waals surface area contributed by atoms with Crippen molar-refractivity contribution in [1.82, 2.24) is 26.3 Å². The number of hydrogen-bond acceptors (Lipinski definition) is 6. The van der Waals surface area contributed by atoms with E-state index in [4.69, 9.17) is 0 Å². The van der Waals surface area contributed by atoms with Crippen LogP contribution < -0.4 is 21.3 Å². The Bertz CT molecular complexity index is 940. The molecule has 4 amide bonds. The van der Waals surface area contributed by atoms with Crippen molar-refractivity contribution in [3.8, 4) is 0 Å². The summed E-state index contributed by atoms with van der Waals surface area (Å²) >= 11 is 0. The van der Waals surface area contributed by atoms with Gasteiger partial charge < -0.3 is 21.3 Å². The quantitative estimate of drug-likeness (QED) is 0.334. The first-order chi connectivity index (χ1) is 17.9. The highest BCUT2D eigenvalue weighted by atomic mass is 16.2. The fraction of sp³-hybridized carbons (Fsp3) is 0.643. The minimum absolute atomic E-state index is 0. The lowest BCUT2D eigenvalue weighted by Crippen LogP contribution is -2.57. The van der Waals surface area contributed by atoms with Gasteiger partial charge in [0.05, 0.1) is 6.54 Å². The number of pyridine rings is 1. The maximum absolute atomic E-state index is 12.9. The number of carbonyl (C=O) groups is 5. The SMILES string of the molecule is CCCC.C[C@H](NC(=O)[C@@H](NC(=O)c1ccncc1)C(C)(C)C)C(=O)NCC(=O)C(=O)NC1CCCCC1.[HH].[HH].[HH].[HH]. The number of carbonyl (C=O) groups excluding carboxylic acids is 5. The van der Waals surface area contributed by atoms with Gasteiger partial charge >= 0.3 is 0 Å². The first kappa shape index (κ1) is 32.7. The van der Waals surface area contributed by atoms with Crippen molar-refractivity contribution in [2.75, 3.05) is 6.54 Å². The van der Waals surface area contributed by atoms with Crippen LogP contribution in [0.3, 0.4) is 0 Å². The van der Waals surface area contributed by atoms with Gasteiger partial charge in [-0.1, -0.05) is 66.7 Å². The van der Waals surface area contributed by atoms with E-state index in [0.29, 0.717) is 5.56 Å². The van der Waals surface area contributed by atoms with Crippen LogP contribution in [0.1, 0.15) is 103 Å². The fourth-order valence-electron chi connectivity index (χ4n) is 3.67. The Morgan fingerprint density at radius 1 is 0.947 bits per heavy atom. The smallest absolute Gasteiger partial charge is 0.289 e. The van der Waals surface area contributed by atoms with Gasteiger partial charge in [0.25, 0.3) is 11.8 Å². The van der Waals surface area contributed by atoms with Crippen LogP contribution in [-0.4, -0.2) is 59.1 Å². The topological polar surface area (TPSA) is 146 Å². The van der Waals surface area contributed by atoms with Crippen LogP contribution in [0.15, 0.2) is 24.5 Å². The molecule has 1 aliphatic rings. The molecule has 0 saturated heterocycles. The van der Waals surface area contributed by atoms with E-state index >= 15 is 0 Å². The first-order valence-electron chi connectivity index (χ1n) is 13.5. The minimum atomic E-state index is -0.982. The molecule has 0 spiro atoms. The van der Waals surface area contributed by atoms with E-state index in [2.05, 4.69) is 40.1 Å². The molecule has 0 aromatic carbocycles. The van der Waals surface area contributed by atoms with Crippen LogP contribution in [0, 0.1) is 5.41 Å². The summed E-state index contributed by atoms with van der Waals surface area (Å²) in [5, 5.41) is 10.4. The fourth-order valence-corrected chi connectivity index (χ4v) is 3.67. The van der Waals surface area contributed by atoms with Crippen molar-refractivity contribution in [3.05, 3.63) is 30.1 Å². The van der Waals surface area contributed by atoms with Crippen LogP contribution in [0.5, 0.6) is 0 Å². The van der Waals surface area contributed by atoms with Crippen LogP contribution in [0.2, 0.25) is 0 Å². The number of aromatic nitrogens is 1. The van der Waals surface area contributed by atoms with E-state index in [1.54, 1.807) is 20.8 Å². The average molecular weight is 540 g/mol. The predicted molar refractivity (Wildman–Crippen MR) is 155 cm³/mol. The molecule has 2 atom stereocenters. The highest BCUT2D eigenvalue weighted by molar-refractivity contribution is 6.37. The Morgan fingerprint density at radius 3 is 2.05 bits per heavy atom. The third kappa shape index (κ3) is 11.8. The van der Waals surface area contributed by atoms with Crippen molar-refractivity contribution in [3.63, 3.8) is 0 Å². The van der Waals surface area contributed by atoms with E-state index in [9.17, 15) is 24.0 Å². The number of nitrogens with one attached hydrogen (secondary N) is 4. The van der Waals surface area contributed by atoms with Crippen molar-refractivity contribution in [2.45, 2.75) is 105 Å². The molecule has 10 heteroatoms. The number of Topliss-reactive ketones (excluding diaryl/α,β-unsaturated/α-hetero) is 1. The molecule has 1 heterocycles. The molecule has 1 aromatic rings. The summed E-state index contributed by atoms with van der Waals surface area (Å²) in [6, 6.07) is 1.15. The van der Waals surface area contributed by atoms with Crippen LogP contribution in [0.25, 0.3) is 0 Å². The maximum atomic E-state index is 12.9. The summed E-state index contributed by atoms with van der Waals surface area (Å²) in [5.41, 5.74) is -0.288. The summed E-state index contributed by atoms with van der Waals surface area (Å²) in [6.07, 6.45) is 10.5. The van der Waals surface area contributed by atoms with E-state index < -0.39 is 53.5 Å². The number of nitrogens with zero attached hydrogens (tertiary/aromatic N) is 1. The number of rotatable bonds is 10. The third-order valence-electron chi connectivity index (χ3n) is 6.22. The summed E-state index contributed by atoms with van der Waals surface area (Å²) in [7, 11) is 0.